The number of rotatable bonds is 10. The van der Waals surface area contributed by atoms with Crippen LogP contribution in [0.3, 0.4) is 0 Å². The lowest BCUT2D eigenvalue weighted by atomic mass is 10.1. The van der Waals surface area contributed by atoms with Gasteiger partial charge in [-0.1, -0.05) is 0 Å². The Morgan fingerprint density at radius 1 is 1.08 bits per heavy atom. The molecular weight excluding hydrogens is 350 g/mol. The molecule has 0 saturated carbocycles. The van der Waals surface area contributed by atoms with Crippen LogP contribution in [0.5, 0.6) is 17.2 Å². The first kappa shape index (κ1) is 22.3. The minimum Gasteiger partial charge on any atom is -0.496 e. The van der Waals surface area contributed by atoms with Crippen molar-refractivity contribution < 1.29 is 14.2 Å². The average Bonchev–Trinajstić information content (AvgIpc) is 2.65. The second-order valence-electron chi connectivity index (χ2n) is 6.35. The van der Waals surface area contributed by atoms with Gasteiger partial charge in [0.05, 0.1) is 27.9 Å². The molecule has 0 aliphatic carbocycles. The van der Waals surface area contributed by atoms with Crippen molar-refractivity contribution >= 4 is 17.7 Å². The van der Waals surface area contributed by atoms with Crippen molar-refractivity contribution in [3.8, 4) is 17.2 Å². The van der Waals surface area contributed by atoms with Gasteiger partial charge in [-0.15, -0.1) is 0 Å². The Morgan fingerprint density at radius 2 is 1.69 bits per heavy atom. The number of thioether (sulfide) groups is 1. The van der Waals surface area contributed by atoms with Gasteiger partial charge in [0.25, 0.3) is 0 Å². The Morgan fingerprint density at radius 3 is 2.15 bits per heavy atom. The van der Waals surface area contributed by atoms with E-state index in [1.807, 2.05) is 23.9 Å². The summed E-state index contributed by atoms with van der Waals surface area (Å²) in [6.45, 7) is 8.73. The van der Waals surface area contributed by atoms with Crippen LogP contribution in [0.15, 0.2) is 17.1 Å². The van der Waals surface area contributed by atoms with Gasteiger partial charge in [-0.25, -0.2) is 0 Å². The molecule has 0 saturated heterocycles. The largest absolute Gasteiger partial charge is 0.496 e. The number of benzene rings is 1. The van der Waals surface area contributed by atoms with Gasteiger partial charge < -0.3 is 24.8 Å². The molecule has 0 aliphatic heterocycles. The van der Waals surface area contributed by atoms with Crippen LogP contribution in [0.2, 0.25) is 0 Å². The molecular formula is C19H33N3O3S. The second kappa shape index (κ2) is 11.1. The molecule has 7 heteroatoms. The highest BCUT2D eigenvalue weighted by molar-refractivity contribution is 7.99. The predicted molar refractivity (Wildman–Crippen MR) is 111 cm³/mol. The van der Waals surface area contributed by atoms with Gasteiger partial charge in [0.1, 0.15) is 17.2 Å². The zero-order chi connectivity index (χ0) is 19.6. The van der Waals surface area contributed by atoms with Crippen LogP contribution in [0.4, 0.5) is 0 Å². The summed E-state index contributed by atoms with van der Waals surface area (Å²) >= 11 is 1.81. The molecule has 0 atom stereocenters. The Bertz CT molecular complexity index is 566. The topological polar surface area (TPSA) is 64.1 Å². The number of hydrogen-bond acceptors (Lipinski definition) is 5. The third-order valence-corrected chi connectivity index (χ3v) is 5.23. The van der Waals surface area contributed by atoms with Gasteiger partial charge in [-0.2, -0.15) is 11.8 Å². The molecule has 1 aromatic carbocycles. The third kappa shape index (κ3) is 6.86. The monoisotopic (exact) mass is 383 g/mol. The Kier molecular flexibility index (Phi) is 9.48. The predicted octanol–water partition coefficient (Wildman–Crippen LogP) is 2.95. The maximum atomic E-state index is 5.51. The fourth-order valence-corrected chi connectivity index (χ4v) is 2.50. The molecule has 0 fully saturated rings. The maximum absolute atomic E-state index is 5.51. The molecule has 0 aromatic heterocycles. The molecule has 26 heavy (non-hydrogen) atoms. The lowest BCUT2D eigenvalue weighted by Gasteiger charge is -2.20. The highest BCUT2D eigenvalue weighted by Crippen LogP contribution is 2.34. The highest BCUT2D eigenvalue weighted by Gasteiger charge is 2.16. The first-order valence-electron chi connectivity index (χ1n) is 8.77. The third-order valence-electron chi connectivity index (χ3n) is 4.00. The number of methoxy groups -OCH3 is 3. The van der Waals surface area contributed by atoms with Gasteiger partial charge in [0, 0.05) is 35.5 Å². The van der Waals surface area contributed by atoms with Crippen LogP contribution >= 0.6 is 11.8 Å². The van der Waals surface area contributed by atoms with Crippen LogP contribution in [-0.2, 0) is 6.42 Å². The molecule has 1 aromatic rings. The van der Waals surface area contributed by atoms with Crippen molar-refractivity contribution in [1.29, 1.82) is 0 Å². The minimum atomic E-state index is 0.116. The number of ether oxygens (including phenoxy) is 3. The summed E-state index contributed by atoms with van der Waals surface area (Å²) in [5.41, 5.74) is 1.00. The second-order valence-corrected chi connectivity index (χ2v) is 7.86. The van der Waals surface area contributed by atoms with E-state index in [4.69, 9.17) is 19.2 Å². The molecule has 1 rings (SSSR count). The minimum absolute atomic E-state index is 0.116. The summed E-state index contributed by atoms with van der Waals surface area (Å²) in [6.07, 6.45) is 2.85. The first-order valence-corrected chi connectivity index (χ1v) is 9.99. The van der Waals surface area contributed by atoms with Gasteiger partial charge >= 0.3 is 0 Å². The lowest BCUT2D eigenvalue weighted by molar-refractivity contribution is 0.368. The van der Waals surface area contributed by atoms with Crippen LogP contribution in [0.25, 0.3) is 0 Å². The van der Waals surface area contributed by atoms with Gasteiger partial charge in [0.2, 0.25) is 0 Å². The molecule has 0 heterocycles. The van der Waals surface area contributed by atoms with Crippen molar-refractivity contribution in [3.05, 3.63) is 17.7 Å². The lowest BCUT2D eigenvalue weighted by Crippen LogP contribution is -2.39. The van der Waals surface area contributed by atoms with Crippen LogP contribution < -0.4 is 24.8 Å². The van der Waals surface area contributed by atoms with Crippen molar-refractivity contribution in [2.24, 2.45) is 4.99 Å². The highest BCUT2D eigenvalue weighted by atomic mass is 32.2. The van der Waals surface area contributed by atoms with E-state index in [2.05, 4.69) is 37.7 Å². The maximum Gasteiger partial charge on any atom is 0.191 e. The van der Waals surface area contributed by atoms with E-state index in [1.54, 1.807) is 21.3 Å². The first-order chi connectivity index (χ1) is 12.4. The fourth-order valence-electron chi connectivity index (χ4n) is 2.31. The van der Waals surface area contributed by atoms with E-state index in [1.165, 1.54) is 0 Å². The van der Waals surface area contributed by atoms with Crippen LogP contribution in [0.1, 0.15) is 26.3 Å². The molecule has 6 nitrogen and oxygen atoms in total. The molecule has 148 valence electrons. The fraction of sp³-hybridized carbons (Fsp3) is 0.632. The van der Waals surface area contributed by atoms with Crippen molar-refractivity contribution in [2.45, 2.75) is 31.9 Å². The van der Waals surface area contributed by atoms with Crippen LogP contribution in [0, 0.1) is 0 Å². The van der Waals surface area contributed by atoms with Crippen molar-refractivity contribution in [3.63, 3.8) is 0 Å². The number of aliphatic imine (C=N–C) groups is 1. The molecule has 0 spiro atoms. The SMILES string of the molecule is CCNC(=NCC(C)(C)SC)NCCc1c(OC)cc(OC)cc1OC. The zero-order valence-electron chi connectivity index (χ0n) is 17.1. The Hall–Kier alpha value is -1.76. The molecule has 0 unspecified atom stereocenters. The summed E-state index contributed by atoms with van der Waals surface area (Å²) in [5.74, 6) is 3.05. The van der Waals surface area contributed by atoms with Crippen molar-refractivity contribution in [2.75, 3.05) is 47.2 Å². The van der Waals surface area contributed by atoms with Crippen molar-refractivity contribution in [1.82, 2.24) is 10.6 Å². The molecule has 0 bridgehead atoms. The Labute approximate surface area is 162 Å². The van der Waals surface area contributed by atoms with E-state index in [0.29, 0.717) is 12.3 Å². The van der Waals surface area contributed by atoms with E-state index in [9.17, 15) is 0 Å². The summed E-state index contributed by atoms with van der Waals surface area (Å²) in [4.78, 5) is 4.69. The summed E-state index contributed by atoms with van der Waals surface area (Å²) in [6, 6.07) is 3.75. The zero-order valence-corrected chi connectivity index (χ0v) is 17.9. The summed E-state index contributed by atoms with van der Waals surface area (Å²) < 4.78 is 16.4. The number of nitrogens with zero attached hydrogens (tertiary/aromatic N) is 1. The van der Waals surface area contributed by atoms with Gasteiger partial charge in [-0.05, 0) is 33.4 Å². The molecule has 2 N–H and O–H groups in total. The molecule has 0 amide bonds. The van der Waals surface area contributed by atoms with E-state index < -0.39 is 0 Å². The molecule has 0 radical (unpaired) electrons. The smallest absolute Gasteiger partial charge is 0.191 e. The van der Waals surface area contributed by atoms with E-state index >= 15 is 0 Å². The molecule has 0 aliphatic rings. The number of nitrogens with one attached hydrogen (secondary N) is 2. The average molecular weight is 384 g/mol. The quantitative estimate of drug-likeness (QED) is 0.478. The number of guanidine groups is 1. The summed E-state index contributed by atoms with van der Waals surface area (Å²) in [5, 5.41) is 6.67. The van der Waals surface area contributed by atoms with Crippen LogP contribution in [-0.4, -0.2) is 57.9 Å². The van der Waals surface area contributed by atoms with E-state index in [-0.39, 0.29) is 4.75 Å². The number of hydrogen-bond donors (Lipinski definition) is 2. The van der Waals surface area contributed by atoms with Gasteiger partial charge in [0.15, 0.2) is 5.96 Å². The Balaban J connectivity index is 2.82. The van der Waals surface area contributed by atoms with E-state index in [0.717, 1.165) is 42.5 Å². The normalized spacial score (nSPS) is 11.9. The summed E-state index contributed by atoms with van der Waals surface area (Å²) in [7, 11) is 4.94. The standard InChI is InChI=1S/C19H33N3O3S/c1-8-20-18(22-13-19(2,3)26-7)21-10-9-15-16(24-5)11-14(23-4)12-17(15)25-6/h11-12H,8-10,13H2,1-7H3,(H2,20,21,22). The van der Waals surface area contributed by atoms with Gasteiger partial charge in [-0.3, -0.25) is 4.99 Å².